The Bertz CT molecular complexity index is 3460. The molecule has 1 aromatic heterocycles. The maximum absolute atomic E-state index is 5.58. The van der Waals surface area contributed by atoms with Crippen LogP contribution in [-0.2, 0) is 5.41 Å². The van der Waals surface area contributed by atoms with E-state index in [1.165, 1.54) is 77.2 Å². The number of nitrogens with zero attached hydrogens (tertiary/aromatic N) is 2. The van der Waals surface area contributed by atoms with Gasteiger partial charge in [0.1, 0.15) is 0 Å². The summed E-state index contributed by atoms with van der Waals surface area (Å²) in [5, 5.41) is 8.33. The maximum atomic E-state index is 5.58. The van der Waals surface area contributed by atoms with Crippen LogP contribution in [0.2, 0.25) is 0 Å². The normalized spacial score (nSPS) is 13.2. The van der Waals surface area contributed by atoms with Gasteiger partial charge in [-0.25, -0.2) is 9.97 Å². The predicted octanol–water partition coefficient (Wildman–Crippen LogP) is 14.4. The van der Waals surface area contributed by atoms with Crippen LogP contribution < -0.4 is 0 Å². The first-order valence-corrected chi connectivity index (χ1v) is 20.4. The average Bonchev–Trinajstić information content (AvgIpc) is 3.76. The highest BCUT2D eigenvalue weighted by molar-refractivity contribution is 6.11. The molecule has 0 atom stereocenters. The Morgan fingerprint density at radius 3 is 1.56 bits per heavy atom. The van der Waals surface area contributed by atoms with Crippen LogP contribution in [0, 0.1) is 0 Å². The first kappa shape index (κ1) is 32.4. The summed E-state index contributed by atoms with van der Waals surface area (Å²) in [6.07, 6.45) is 0. The molecule has 0 radical (unpaired) electrons. The summed E-state index contributed by atoms with van der Waals surface area (Å²) in [5.74, 6) is 0.732. The summed E-state index contributed by atoms with van der Waals surface area (Å²) in [6, 6.07) is 75.6. The van der Waals surface area contributed by atoms with Crippen molar-refractivity contribution in [3.05, 3.63) is 229 Å². The van der Waals surface area contributed by atoms with Crippen LogP contribution in [-0.4, -0.2) is 9.97 Å². The van der Waals surface area contributed by atoms with Crippen LogP contribution in [0.4, 0.5) is 0 Å². The molecule has 0 N–H and O–H groups in total. The molecule has 10 aromatic carbocycles. The molecule has 1 heterocycles. The summed E-state index contributed by atoms with van der Waals surface area (Å²) >= 11 is 0. The van der Waals surface area contributed by atoms with Gasteiger partial charge in [-0.2, -0.15) is 0 Å². The third kappa shape index (κ3) is 4.51. The molecule has 2 aliphatic carbocycles. The van der Waals surface area contributed by atoms with Gasteiger partial charge in [0, 0.05) is 21.9 Å². The largest absolute Gasteiger partial charge is 0.227 e. The zero-order chi connectivity index (χ0) is 38.7. The van der Waals surface area contributed by atoms with Crippen molar-refractivity contribution in [3.8, 4) is 56.0 Å². The van der Waals surface area contributed by atoms with Gasteiger partial charge >= 0.3 is 0 Å². The molecule has 0 bridgehead atoms. The zero-order valence-electron chi connectivity index (χ0n) is 32.0. The Balaban J connectivity index is 1.11. The monoisotopic (exact) mass is 746 g/mol. The minimum atomic E-state index is -0.527. The van der Waals surface area contributed by atoms with Crippen LogP contribution in [0.1, 0.15) is 22.3 Å². The van der Waals surface area contributed by atoms with Crippen LogP contribution in [0.25, 0.3) is 99.2 Å². The molecule has 11 aromatic rings. The van der Waals surface area contributed by atoms with Crippen molar-refractivity contribution in [2.24, 2.45) is 0 Å². The quantitative estimate of drug-likeness (QED) is 0.168. The van der Waals surface area contributed by atoms with E-state index >= 15 is 0 Å². The van der Waals surface area contributed by atoms with Gasteiger partial charge in [0.15, 0.2) is 5.82 Å². The lowest BCUT2D eigenvalue weighted by Gasteiger charge is -2.31. The van der Waals surface area contributed by atoms with Gasteiger partial charge in [-0.05, 0) is 113 Å². The second-order valence-corrected chi connectivity index (χ2v) is 16.0. The van der Waals surface area contributed by atoms with E-state index in [9.17, 15) is 0 Å². The van der Waals surface area contributed by atoms with Gasteiger partial charge in [0.2, 0.25) is 0 Å². The highest BCUT2D eigenvalue weighted by Gasteiger charge is 2.52. The summed E-state index contributed by atoms with van der Waals surface area (Å²) in [5.41, 5.74) is 16.1. The van der Waals surface area contributed by atoms with Crippen LogP contribution in [0.3, 0.4) is 0 Å². The molecule has 13 rings (SSSR count). The fourth-order valence-corrected chi connectivity index (χ4v) is 10.4. The van der Waals surface area contributed by atoms with Gasteiger partial charge in [0.25, 0.3) is 0 Å². The Labute approximate surface area is 341 Å². The summed E-state index contributed by atoms with van der Waals surface area (Å²) in [4.78, 5) is 11.1. The number of hydrogen-bond acceptors (Lipinski definition) is 2. The number of rotatable bonds is 3. The molecule has 0 saturated carbocycles. The lowest BCUT2D eigenvalue weighted by atomic mass is 9.70. The Kier molecular flexibility index (Phi) is 6.68. The molecule has 0 saturated heterocycles. The number of hydrogen-bond donors (Lipinski definition) is 0. The minimum absolute atomic E-state index is 0.527. The van der Waals surface area contributed by atoms with E-state index in [2.05, 4.69) is 206 Å². The van der Waals surface area contributed by atoms with Gasteiger partial charge in [0.05, 0.1) is 16.6 Å². The maximum Gasteiger partial charge on any atom is 0.161 e. The molecule has 0 amide bonds. The van der Waals surface area contributed by atoms with E-state index in [-0.39, 0.29) is 0 Å². The van der Waals surface area contributed by atoms with E-state index < -0.39 is 5.41 Å². The van der Waals surface area contributed by atoms with Crippen molar-refractivity contribution in [3.63, 3.8) is 0 Å². The van der Waals surface area contributed by atoms with Gasteiger partial charge < -0.3 is 0 Å². The highest BCUT2D eigenvalue weighted by atomic mass is 14.9. The van der Waals surface area contributed by atoms with Crippen LogP contribution >= 0.6 is 0 Å². The zero-order valence-corrected chi connectivity index (χ0v) is 32.0. The average molecular weight is 747 g/mol. The van der Waals surface area contributed by atoms with Crippen molar-refractivity contribution in [1.29, 1.82) is 0 Å². The van der Waals surface area contributed by atoms with Crippen LogP contribution in [0.15, 0.2) is 206 Å². The molecular weight excluding hydrogens is 713 g/mol. The van der Waals surface area contributed by atoms with Crippen LogP contribution in [0.5, 0.6) is 0 Å². The topological polar surface area (TPSA) is 25.8 Å². The molecule has 0 unspecified atom stereocenters. The predicted molar refractivity (Wildman–Crippen MR) is 245 cm³/mol. The second-order valence-electron chi connectivity index (χ2n) is 16.0. The van der Waals surface area contributed by atoms with E-state index in [4.69, 9.17) is 9.97 Å². The molecule has 0 fully saturated rings. The Morgan fingerprint density at radius 2 is 0.847 bits per heavy atom. The third-order valence-electron chi connectivity index (χ3n) is 13.0. The molecule has 1 spiro atoms. The Hall–Kier alpha value is -7.68. The summed E-state index contributed by atoms with van der Waals surface area (Å²) < 4.78 is 0. The first-order chi connectivity index (χ1) is 29.2. The van der Waals surface area contributed by atoms with E-state index in [0.717, 1.165) is 44.3 Å². The SMILES string of the molecule is c1ccc(-c2ccc(-c3nc(-c4cccc5c4-c4ccccc4C54c5cc6ccccc6cc5-c5cc6ccccc6cc54)nc4c3ccc3ccccc34)cc2)cc1. The first-order valence-electron chi connectivity index (χ1n) is 20.4. The molecule has 2 nitrogen and oxygen atoms in total. The number of aromatic nitrogens is 2. The van der Waals surface area contributed by atoms with E-state index in [0.29, 0.717) is 0 Å². The van der Waals surface area contributed by atoms with Crippen molar-refractivity contribution in [1.82, 2.24) is 9.97 Å². The summed E-state index contributed by atoms with van der Waals surface area (Å²) in [6.45, 7) is 0. The standard InChI is InChI=1S/C57H34N2/c1-2-13-35(14-3-1)36-25-27-38(28-26-36)54-46-30-29-37-15-8-9-20-43(37)55(46)59-56(58-54)45-22-12-24-50-53(45)44-21-10-11-23-49(44)57(50)51-33-41-18-6-4-16-39(41)31-47(51)48-32-40-17-5-7-19-42(40)34-52(48)57/h1-34H. The van der Waals surface area contributed by atoms with Crippen molar-refractivity contribution in [2.45, 2.75) is 5.41 Å². The molecule has 59 heavy (non-hydrogen) atoms. The molecule has 2 aliphatic rings. The minimum Gasteiger partial charge on any atom is -0.227 e. The van der Waals surface area contributed by atoms with Gasteiger partial charge in [-0.1, -0.05) is 176 Å². The summed E-state index contributed by atoms with van der Waals surface area (Å²) in [7, 11) is 0. The van der Waals surface area contributed by atoms with E-state index in [1.807, 2.05) is 0 Å². The fourth-order valence-electron chi connectivity index (χ4n) is 10.4. The smallest absolute Gasteiger partial charge is 0.161 e. The van der Waals surface area contributed by atoms with Gasteiger partial charge in [-0.3, -0.25) is 0 Å². The lowest BCUT2D eigenvalue weighted by Crippen LogP contribution is -2.26. The van der Waals surface area contributed by atoms with Gasteiger partial charge in [-0.15, -0.1) is 0 Å². The van der Waals surface area contributed by atoms with E-state index in [1.54, 1.807) is 0 Å². The Morgan fingerprint density at radius 1 is 0.305 bits per heavy atom. The fraction of sp³-hybridized carbons (Fsp3) is 0.0175. The molecular formula is C57H34N2. The van der Waals surface area contributed by atoms with Crippen molar-refractivity contribution in [2.75, 3.05) is 0 Å². The number of benzene rings is 10. The van der Waals surface area contributed by atoms with Crippen molar-refractivity contribution >= 4 is 43.2 Å². The molecule has 2 heteroatoms. The number of fused-ring (bicyclic) bond motifs is 15. The highest BCUT2D eigenvalue weighted by Crippen LogP contribution is 2.64. The van der Waals surface area contributed by atoms with Crippen molar-refractivity contribution < 1.29 is 0 Å². The third-order valence-corrected chi connectivity index (χ3v) is 13.0. The lowest BCUT2D eigenvalue weighted by molar-refractivity contribution is 0.796. The molecule has 272 valence electrons. The molecule has 0 aliphatic heterocycles. The second kappa shape index (κ2) is 12.2.